The second-order valence-electron chi connectivity index (χ2n) is 3.99. The Hall–Kier alpha value is -1.42. The minimum atomic E-state index is 0.418. The van der Waals surface area contributed by atoms with Crippen LogP contribution in [-0.2, 0) is 6.54 Å². The predicted molar refractivity (Wildman–Crippen MR) is 78.0 cm³/mol. The molecule has 0 radical (unpaired) electrons. The minimum Gasteiger partial charge on any atom is -0.325 e. The lowest BCUT2D eigenvalue weighted by Crippen LogP contribution is -2.01. The lowest BCUT2D eigenvalue weighted by molar-refractivity contribution is 1.01. The molecule has 0 spiro atoms. The first-order valence-electron chi connectivity index (χ1n) is 5.60. The number of hydrogen-bond donors (Lipinski definition) is 1. The first-order chi connectivity index (χ1) is 8.79. The molecule has 0 amide bonds. The Morgan fingerprint density at radius 1 is 1.22 bits per heavy atom. The van der Waals surface area contributed by atoms with E-state index in [-0.39, 0.29) is 0 Å². The van der Waals surface area contributed by atoms with Crippen molar-refractivity contribution in [2.24, 2.45) is 5.73 Å². The van der Waals surface area contributed by atoms with E-state index in [1.54, 1.807) is 11.3 Å². The zero-order valence-electron chi connectivity index (χ0n) is 9.56. The third kappa shape index (κ3) is 1.90. The summed E-state index contributed by atoms with van der Waals surface area (Å²) in [6, 6.07) is 10.0. The molecule has 0 bridgehead atoms. The van der Waals surface area contributed by atoms with E-state index in [1.165, 1.54) is 4.88 Å². The fourth-order valence-electron chi connectivity index (χ4n) is 2.06. The van der Waals surface area contributed by atoms with Crippen molar-refractivity contribution in [3.63, 3.8) is 0 Å². The lowest BCUT2D eigenvalue weighted by atomic mass is 10.0. The molecule has 2 nitrogen and oxygen atoms in total. The van der Waals surface area contributed by atoms with Crippen LogP contribution in [0.3, 0.4) is 0 Å². The summed E-state index contributed by atoms with van der Waals surface area (Å²) in [5.74, 6) is 0. The van der Waals surface area contributed by atoms with Crippen LogP contribution in [0.25, 0.3) is 21.2 Å². The van der Waals surface area contributed by atoms with Gasteiger partial charge >= 0.3 is 0 Å². The molecule has 0 saturated heterocycles. The Morgan fingerprint density at radius 2 is 2.11 bits per heavy atom. The zero-order chi connectivity index (χ0) is 12.5. The van der Waals surface area contributed by atoms with Crippen molar-refractivity contribution < 1.29 is 0 Å². The van der Waals surface area contributed by atoms with Crippen LogP contribution in [0.4, 0.5) is 0 Å². The predicted octanol–water partition coefficient (Wildman–Crippen LogP) is 4.08. The third-order valence-corrected chi connectivity index (χ3v) is 4.05. The second kappa shape index (κ2) is 4.69. The van der Waals surface area contributed by atoms with Crippen molar-refractivity contribution in [2.75, 3.05) is 0 Å². The molecule has 2 aromatic heterocycles. The maximum Gasteiger partial charge on any atom is 0.0618 e. The van der Waals surface area contributed by atoms with Crippen LogP contribution in [0.1, 0.15) is 5.69 Å². The summed E-state index contributed by atoms with van der Waals surface area (Å²) in [6.45, 7) is 0.418. The topological polar surface area (TPSA) is 38.9 Å². The molecule has 0 saturated carbocycles. The van der Waals surface area contributed by atoms with Gasteiger partial charge in [-0.05, 0) is 29.0 Å². The molecule has 3 rings (SSSR count). The molecule has 0 fully saturated rings. The SMILES string of the molecule is NCc1ncc(-c2cccs2)c2ccc(Cl)cc12. The van der Waals surface area contributed by atoms with Crippen molar-refractivity contribution in [2.45, 2.75) is 6.54 Å². The van der Waals surface area contributed by atoms with Gasteiger partial charge in [-0.25, -0.2) is 0 Å². The van der Waals surface area contributed by atoms with Crippen LogP contribution in [0, 0.1) is 0 Å². The van der Waals surface area contributed by atoms with Crippen molar-refractivity contribution in [1.29, 1.82) is 0 Å². The van der Waals surface area contributed by atoms with Gasteiger partial charge in [-0.1, -0.05) is 23.7 Å². The van der Waals surface area contributed by atoms with Gasteiger partial charge in [-0.3, -0.25) is 4.98 Å². The molecule has 0 aliphatic carbocycles. The number of aromatic nitrogens is 1. The van der Waals surface area contributed by atoms with Crippen LogP contribution < -0.4 is 5.73 Å². The number of rotatable bonds is 2. The summed E-state index contributed by atoms with van der Waals surface area (Å²) in [5, 5.41) is 4.96. The van der Waals surface area contributed by atoms with Gasteiger partial charge in [0.05, 0.1) is 5.69 Å². The quantitative estimate of drug-likeness (QED) is 0.765. The number of fused-ring (bicyclic) bond motifs is 1. The van der Waals surface area contributed by atoms with E-state index in [0.717, 1.165) is 22.0 Å². The molecule has 0 aliphatic rings. The largest absolute Gasteiger partial charge is 0.325 e. The van der Waals surface area contributed by atoms with Crippen molar-refractivity contribution >= 4 is 33.7 Å². The van der Waals surface area contributed by atoms with E-state index in [2.05, 4.69) is 16.4 Å². The van der Waals surface area contributed by atoms with E-state index in [9.17, 15) is 0 Å². The molecule has 90 valence electrons. The monoisotopic (exact) mass is 274 g/mol. The van der Waals surface area contributed by atoms with E-state index in [1.807, 2.05) is 30.5 Å². The van der Waals surface area contributed by atoms with E-state index in [0.29, 0.717) is 11.6 Å². The van der Waals surface area contributed by atoms with Crippen LogP contribution in [-0.4, -0.2) is 4.98 Å². The van der Waals surface area contributed by atoms with Gasteiger partial charge in [-0.2, -0.15) is 0 Å². The molecule has 2 N–H and O–H groups in total. The molecule has 0 atom stereocenters. The van der Waals surface area contributed by atoms with Gasteiger partial charge in [0.25, 0.3) is 0 Å². The van der Waals surface area contributed by atoms with Gasteiger partial charge in [0.1, 0.15) is 0 Å². The molecule has 0 aliphatic heterocycles. The highest BCUT2D eigenvalue weighted by atomic mass is 35.5. The molecule has 18 heavy (non-hydrogen) atoms. The van der Waals surface area contributed by atoms with E-state index >= 15 is 0 Å². The van der Waals surface area contributed by atoms with Gasteiger partial charge in [-0.15, -0.1) is 11.3 Å². The zero-order valence-corrected chi connectivity index (χ0v) is 11.1. The van der Waals surface area contributed by atoms with Crippen molar-refractivity contribution in [3.8, 4) is 10.4 Å². The summed E-state index contributed by atoms with van der Waals surface area (Å²) in [4.78, 5) is 5.65. The average Bonchev–Trinajstić information content (AvgIpc) is 2.91. The number of halogens is 1. The lowest BCUT2D eigenvalue weighted by Gasteiger charge is -2.08. The maximum absolute atomic E-state index is 6.06. The number of nitrogens with two attached hydrogens (primary N) is 1. The van der Waals surface area contributed by atoms with Crippen LogP contribution >= 0.6 is 22.9 Å². The third-order valence-electron chi connectivity index (χ3n) is 2.91. The highest BCUT2D eigenvalue weighted by Gasteiger charge is 2.09. The number of pyridine rings is 1. The summed E-state index contributed by atoms with van der Waals surface area (Å²) in [6.07, 6.45) is 1.89. The Bertz CT molecular complexity index is 692. The number of benzene rings is 1. The maximum atomic E-state index is 6.06. The van der Waals surface area contributed by atoms with Crippen LogP contribution in [0.15, 0.2) is 41.9 Å². The summed E-state index contributed by atoms with van der Waals surface area (Å²) >= 11 is 7.76. The van der Waals surface area contributed by atoms with Crippen LogP contribution in [0.5, 0.6) is 0 Å². The Balaban J connectivity index is 2.35. The first-order valence-corrected chi connectivity index (χ1v) is 6.86. The molecule has 3 aromatic rings. The van der Waals surface area contributed by atoms with Gasteiger partial charge in [0.15, 0.2) is 0 Å². The highest BCUT2D eigenvalue weighted by Crippen LogP contribution is 2.33. The second-order valence-corrected chi connectivity index (χ2v) is 5.37. The number of thiophene rings is 1. The Labute approximate surface area is 114 Å². The van der Waals surface area contributed by atoms with Gasteiger partial charge in [0.2, 0.25) is 0 Å². The Kier molecular flexibility index (Phi) is 3.04. The molecule has 0 unspecified atom stereocenters. The fraction of sp³-hybridized carbons (Fsp3) is 0.0714. The fourth-order valence-corrected chi connectivity index (χ4v) is 2.99. The van der Waals surface area contributed by atoms with E-state index in [4.69, 9.17) is 17.3 Å². The number of nitrogens with zero attached hydrogens (tertiary/aromatic N) is 1. The number of hydrogen-bond acceptors (Lipinski definition) is 3. The van der Waals surface area contributed by atoms with Crippen molar-refractivity contribution in [1.82, 2.24) is 4.98 Å². The Morgan fingerprint density at radius 3 is 2.83 bits per heavy atom. The molecular formula is C14H11ClN2S. The first kappa shape index (κ1) is 11.7. The molecule has 2 heterocycles. The molecular weight excluding hydrogens is 264 g/mol. The smallest absolute Gasteiger partial charge is 0.0618 e. The average molecular weight is 275 g/mol. The minimum absolute atomic E-state index is 0.418. The highest BCUT2D eigenvalue weighted by molar-refractivity contribution is 7.13. The van der Waals surface area contributed by atoms with Crippen LogP contribution in [0.2, 0.25) is 5.02 Å². The van der Waals surface area contributed by atoms with Crippen molar-refractivity contribution in [3.05, 3.63) is 52.6 Å². The molecule has 4 heteroatoms. The van der Waals surface area contributed by atoms with Gasteiger partial charge in [0, 0.05) is 33.6 Å². The van der Waals surface area contributed by atoms with Gasteiger partial charge < -0.3 is 5.73 Å². The molecule has 1 aromatic carbocycles. The standard InChI is InChI=1S/C14H11ClN2S/c15-9-3-4-10-11(6-9)13(7-16)17-8-12(10)14-2-1-5-18-14/h1-6,8H,7,16H2. The summed E-state index contributed by atoms with van der Waals surface area (Å²) in [7, 11) is 0. The van der Waals surface area contributed by atoms with E-state index < -0.39 is 0 Å². The summed E-state index contributed by atoms with van der Waals surface area (Å²) < 4.78 is 0. The summed E-state index contributed by atoms with van der Waals surface area (Å²) in [5.41, 5.74) is 7.75. The normalized spacial score (nSPS) is 11.0.